The molecule has 0 saturated carbocycles. The zero-order valence-corrected chi connectivity index (χ0v) is 12.7. The molecule has 2 N–H and O–H groups in total. The van der Waals surface area contributed by atoms with E-state index in [4.69, 9.17) is 23.8 Å². The van der Waals surface area contributed by atoms with Gasteiger partial charge >= 0.3 is 0 Å². The molecule has 0 heterocycles. The number of halogens is 2. The van der Waals surface area contributed by atoms with Gasteiger partial charge in [-0.1, -0.05) is 36.0 Å². The average molecular weight is 282 g/mol. The fourth-order valence-corrected chi connectivity index (χ4v) is 1.70. The predicted molar refractivity (Wildman–Crippen MR) is 84.8 cm³/mol. The minimum Gasteiger partial charge on any atom is -0.389 e. The van der Waals surface area contributed by atoms with E-state index in [0.717, 1.165) is 18.3 Å². The van der Waals surface area contributed by atoms with E-state index >= 15 is 0 Å². The maximum Gasteiger partial charge on any atom is 0.260 e. The Hall–Kier alpha value is -1.14. The molecular weight excluding hydrogens is 259 g/mol. The summed E-state index contributed by atoms with van der Waals surface area (Å²) in [6.45, 7) is 8.81. The van der Waals surface area contributed by atoms with Crippen LogP contribution in [-0.2, 0) is 0 Å². The van der Waals surface area contributed by atoms with E-state index < -0.39 is 5.67 Å². The fraction of sp³-hybridized carbons (Fsp3) is 0.467. The third-order valence-corrected chi connectivity index (χ3v) is 3.01. The van der Waals surface area contributed by atoms with Gasteiger partial charge in [0.25, 0.3) is 6.71 Å². The number of rotatable bonds is 7. The van der Waals surface area contributed by atoms with E-state index in [-0.39, 0.29) is 11.9 Å². The van der Waals surface area contributed by atoms with Gasteiger partial charge in [0.1, 0.15) is 10.8 Å². The van der Waals surface area contributed by atoms with Gasteiger partial charge in [-0.15, -0.1) is 13.0 Å². The van der Waals surface area contributed by atoms with Crippen LogP contribution >= 0.6 is 11.6 Å². The van der Waals surface area contributed by atoms with Gasteiger partial charge in [0.2, 0.25) is 0 Å². The molecule has 1 nitrogen and oxygen atoms in total. The van der Waals surface area contributed by atoms with E-state index in [1.165, 1.54) is 0 Å². The molecule has 0 spiro atoms. The SMILES string of the molecule is C#CB(C)C(=C)C(/C=C\CCCC(C)(C)F)=C(/N)Cl. The van der Waals surface area contributed by atoms with Gasteiger partial charge in [0.05, 0.1) is 0 Å². The summed E-state index contributed by atoms with van der Waals surface area (Å²) in [6.07, 6.45) is 11.1. The van der Waals surface area contributed by atoms with Crippen LogP contribution in [0.15, 0.2) is 34.9 Å². The van der Waals surface area contributed by atoms with Gasteiger partial charge in [-0.05, 0) is 33.1 Å². The first kappa shape index (κ1) is 17.9. The highest BCUT2D eigenvalue weighted by atomic mass is 35.5. The number of terminal acetylenes is 1. The Morgan fingerprint density at radius 3 is 2.58 bits per heavy atom. The molecule has 0 aromatic carbocycles. The number of hydrogen-bond donors (Lipinski definition) is 1. The van der Waals surface area contributed by atoms with Crippen LogP contribution in [-0.4, -0.2) is 12.4 Å². The molecule has 0 aliphatic heterocycles. The predicted octanol–water partition coefficient (Wildman–Crippen LogP) is 4.26. The maximum atomic E-state index is 13.3. The average Bonchev–Trinajstić information content (AvgIpc) is 2.30. The lowest BCUT2D eigenvalue weighted by molar-refractivity contribution is 0.198. The summed E-state index contributed by atoms with van der Waals surface area (Å²) in [6, 6.07) is 0. The molecule has 0 rings (SSSR count). The molecule has 0 aromatic heterocycles. The summed E-state index contributed by atoms with van der Waals surface area (Å²) in [4.78, 5) is 0. The van der Waals surface area contributed by atoms with Crippen LogP contribution in [0.5, 0.6) is 0 Å². The third kappa shape index (κ3) is 7.79. The molecule has 19 heavy (non-hydrogen) atoms. The summed E-state index contributed by atoms with van der Waals surface area (Å²) in [5, 5.41) is 0.175. The van der Waals surface area contributed by atoms with Crippen LogP contribution in [0.1, 0.15) is 33.1 Å². The monoisotopic (exact) mass is 281 g/mol. The van der Waals surface area contributed by atoms with Gasteiger partial charge in [0.15, 0.2) is 0 Å². The van der Waals surface area contributed by atoms with E-state index in [1.54, 1.807) is 13.8 Å². The minimum atomic E-state index is -1.13. The number of alkyl halides is 1. The zero-order chi connectivity index (χ0) is 15.1. The molecular formula is C15H22BClFN. The van der Waals surface area contributed by atoms with E-state index in [0.29, 0.717) is 12.0 Å². The maximum absolute atomic E-state index is 13.3. The lowest BCUT2D eigenvalue weighted by Gasteiger charge is -2.12. The summed E-state index contributed by atoms with van der Waals surface area (Å²) in [5.74, 6) is 2.59. The normalized spacial score (nSPS) is 13.1. The summed E-state index contributed by atoms with van der Waals surface area (Å²) in [7, 11) is 0. The van der Waals surface area contributed by atoms with Crippen LogP contribution in [0, 0.1) is 12.2 Å². The van der Waals surface area contributed by atoms with Crippen molar-refractivity contribution < 1.29 is 4.39 Å². The van der Waals surface area contributed by atoms with E-state index in [2.05, 4.69) is 12.4 Å². The van der Waals surface area contributed by atoms with Gasteiger partial charge in [-0.25, -0.2) is 4.39 Å². The largest absolute Gasteiger partial charge is 0.389 e. The Bertz CT molecular complexity index is 409. The third-order valence-electron chi connectivity index (χ3n) is 2.80. The Morgan fingerprint density at radius 1 is 1.58 bits per heavy atom. The van der Waals surface area contributed by atoms with Crippen molar-refractivity contribution in [1.82, 2.24) is 0 Å². The lowest BCUT2D eigenvalue weighted by Crippen LogP contribution is -2.12. The first-order valence-electron chi connectivity index (χ1n) is 6.35. The van der Waals surface area contributed by atoms with Gasteiger partial charge in [-0.3, -0.25) is 0 Å². The molecule has 0 aromatic rings. The molecule has 0 atom stereocenters. The van der Waals surface area contributed by atoms with Crippen molar-refractivity contribution in [1.29, 1.82) is 0 Å². The summed E-state index contributed by atoms with van der Waals surface area (Å²) < 4.78 is 13.3. The van der Waals surface area contributed by atoms with Gasteiger partial charge in [0, 0.05) is 5.57 Å². The van der Waals surface area contributed by atoms with Gasteiger partial charge < -0.3 is 5.73 Å². The Balaban J connectivity index is 4.53. The summed E-state index contributed by atoms with van der Waals surface area (Å²) in [5.41, 5.74) is 5.87. The highest BCUT2D eigenvalue weighted by molar-refractivity contribution is 6.74. The zero-order valence-electron chi connectivity index (χ0n) is 12.0. The van der Waals surface area contributed by atoms with Crippen molar-refractivity contribution in [2.45, 2.75) is 45.6 Å². The first-order valence-corrected chi connectivity index (χ1v) is 6.73. The van der Waals surface area contributed by atoms with E-state index in [1.807, 2.05) is 19.0 Å². The van der Waals surface area contributed by atoms with Crippen molar-refractivity contribution in [3.8, 4) is 12.2 Å². The molecule has 0 amide bonds. The standard InChI is InChI=1S/C15H22BClFN/c1-6-16(5)12(2)13(14(17)19)10-8-7-9-11-15(3,4)18/h1,8,10H,2,7,9,11,19H2,3-5H3/b10-8-,14-13+. The second-order valence-corrected chi connectivity index (χ2v) is 5.60. The second-order valence-electron chi connectivity index (χ2n) is 5.19. The van der Waals surface area contributed by atoms with Gasteiger partial charge in [-0.2, -0.15) is 5.82 Å². The Labute approximate surface area is 121 Å². The number of unbranched alkanes of at least 4 members (excludes halogenated alkanes) is 1. The number of allylic oxidation sites excluding steroid dienone is 4. The lowest BCUT2D eigenvalue weighted by atomic mass is 9.46. The van der Waals surface area contributed by atoms with E-state index in [9.17, 15) is 4.39 Å². The summed E-state index contributed by atoms with van der Waals surface area (Å²) >= 11 is 5.84. The van der Waals surface area contributed by atoms with Crippen molar-refractivity contribution in [2.75, 3.05) is 0 Å². The fourth-order valence-electron chi connectivity index (χ4n) is 1.52. The molecule has 0 aliphatic carbocycles. The molecule has 4 heteroatoms. The molecule has 0 radical (unpaired) electrons. The molecule has 0 unspecified atom stereocenters. The molecule has 0 fully saturated rings. The van der Waals surface area contributed by atoms with Crippen LogP contribution in [0.25, 0.3) is 0 Å². The van der Waals surface area contributed by atoms with Crippen molar-refractivity contribution in [2.24, 2.45) is 5.73 Å². The number of nitrogens with two attached hydrogens (primary N) is 1. The number of hydrogen-bond acceptors (Lipinski definition) is 1. The van der Waals surface area contributed by atoms with Crippen LogP contribution in [0.3, 0.4) is 0 Å². The second kappa shape index (κ2) is 8.12. The van der Waals surface area contributed by atoms with Crippen LogP contribution < -0.4 is 5.73 Å². The quantitative estimate of drug-likeness (QED) is 0.244. The van der Waals surface area contributed by atoms with Crippen molar-refractivity contribution >= 4 is 18.3 Å². The molecule has 104 valence electrons. The molecule has 0 bridgehead atoms. The van der Waals surface area contributed by atoms with Crippen LogP contribution in [0.4, 0.5) is 4.39 Å². The van der Waals surface area contributed by atoms with Crippen LogP contribution in [0.2, 0.25) is 6.82 Å². The smallest absolute Gasteiger partial charge is 0.260 e. The topological polar surface area (TPSA) is 26.0 Å². The highest BCUT2D eigenvalue weighted by Gasteiger charge is 2.14. The van der Waals surface area contributed by atoms with Crippen molar-refractivity contribution in [3.05, 3.63) is 34.9 Å². The Kier molecular flexibility index (Phi) is 7.63. The minimum absolute atomic E-state index is 0.123. The first-order chi connectivity index (χ1) is 8.69. The van der Waals surface area contributed by atoms with Crippen molar-refractivity contribution in [3.63, 3.8) is 0 Å². The molecule has 0 saturated heterocycles. The Morgan fingerprint density at radius 2 is 2.16 bits per heavy atom. The molecule has 0 aliphatic rings. The highest BCUT2D eigenvalue weighted by Crippen LogP contribution is 2.20.